The minimum atomic E-state index is -0.407. The number of hydrogen-bond donors (Lipinski definition) is 1. The number of aryl methyl sites for hydroxylation is 1. The molecule has 2 heterocycles. The number of ether oxygens (including phenoxy) is 2. The fraction of sp³-hybridized carbons (Fsp3) is 0.258. The third-order valence-electron chi connectivity index (χ3n) is 6.89. The number of imidazole rings is 1. The largest absolute Gasteiger partial charge is 0.497 e. The van der Waals surface area contributed by atoms with Crippen molar-refractivity contribution >= 4 is 17.8 Å². The van der Waals surface area contributed by atoms with Crippen LogP contribution >= 0.6 is 0 Å². The number of halogens is 1. The number of benzene rings is 3. The van der Waals surface area contributed by atoms with Crippen molar-refractivity contribution in [1.29, 1.82) is 0 Å². The van der Waals surface area contributed by atoms with Crippen LogP contribution in [-0.2, 0) is 9.53 Å². The maximum Gasteiger partial charge on any atom is 0.254 e. The molecule has 40 heavy (non-hydrogen) atoms. The quantitative estimate of drug-likeness (QED) is 0.312. The molecular weight excluding hydrogens is 511 g/mol. The number of amides is 2. The predicted molar refractivity (Wildman–Crippen MR) is 150 cm³/mol. The number of anilines is 1. The highest BCUT2D eigenvalue weighted by molar-refractivity contribution is 6.00. The molecule has 4 aromatic rings. The molecule has 1 fully saturated rings. The number of carbonyl (C=O) groups is 2. The van der Waals surface area contributed by atoms with Gasteiger partial charge in [-0.05, 0) is 79.9 Å². The Bertz CT molecular complexity index is 1480. The van der Waals surface area contributed by atoms with Gasteiger partial charge in [0.25, 0.3) is 5.91 Å². The molecule has 1 aliphatic rings. The van der Waals surface area contributed by atoms with Crippen molar-refractivity contribution in [3.63, 3.8) is 0 Å². The molecule has 0 saturated carbocycles. The predicted octanol–water partition coefficient (Wildman–Crippen LogP) is 5.26. The van der Waals surface area contributed by atoms with Gasteiger partial charge in [0.15, 0.2) is 0 Å². The van der Waals surface area contributed by atoms with Crippen molar-refractivity contribution < 1.29 is 23.5 Å². The lowest BCUT2D eigenvalue weighted by molar-refractivity contribution is -0.117. The van der Waals surface area contributed by atoms with E-state index in [0.29, 0.717) is 35.8 Å². The first-order valence-electron chi connectivity index (χ1n) is 13.2. The Kier molecular flexibility index (Phi) is 8.21. The van der Waals surface area contributed by atoms with E-state index >= 15 is 0 Å². The van der Waals surface area contributed by atoms with E-state index in [2.05, 4.69) is 10.3 Å². The summed E-state index contributed by atoms with van der Waals surface area (Å²) >= 11 is 0. The molecule has 3 aromatic carbocycles. The van der Waals surface area contributed by atoms with Gasteiger partial charge in [-0.1, -0.05) is 18.2 Å². The van der Waals surface area contributed by atoms with E-state index in [1.807, 2.05) is 49.4 Å². The summed E-state index contributed by atoms with van der Waals surface area (Å²) in [6.07, 6.45) is 3.41. The van der Waals surface area contributed by atoms with Crippen LogP contribution in [-0.4, -0.2) is 59.2 Å². The molecular formula is C31H31FN4O4. The molecule has 206 valence electrons. The minimum Gasteiger partial charge on any atom is -0.497 e. The van der Waals surface area contributed by atoms with E-state index in [-0.39, 0.29) is 30.3 Å². The Morgan fingerprint density at radius 2 is 1.85 bits per heavy atom. The van der Waals surface area contributed by atoms with Crippen LogP contribution in [0.1, 0.15) is 28.8 Å². The van der Waals surface area contributed by atoms with E-state index in [9.17, 15) is 14.0 Å². The molecule has 1 aliphatic heterocycles. The Morgan fingerprint density at radius 3 is 2.52 bits per heavy atom. The average molecular weight is 543 g/mol. The first kappa shape index (κ1) is 27.1. The summed E-state index contributed by atoms with van der Waals surface area (Å²) in [5, 5.41) is 2.87. The number of hydrogen-bond acceptors (Lipinski definition) is 5. The molecule has 1 aromatic heterocycles. The summed E-state index contributed by atoms with van der Waals surface area (Å²) in [6, 6.07) is 20.6. The zero-order chi connectivity index (χ0) is 28.1. The number of aromatic nitrogens is 2. The molecule has 2 amide bonds. The summed E-state index contributed by atoms with van der Waals surface area (Å²) in [5.74, 6) is -0.0493. The number of rotatable bonds is 9. The van der Waals surface area contributed by atoms with Crippen molar-refractivity contribution in [3.05, 3.63) is 95.9 Å². The summed E-state index contributed by atoms with van der Waals surface area (Å²) < 4.78 is 26.4. The Labute approximate surface area is 232 Å². The molecule has 1 N–H and O–H groups in total. The molecule has 1 atom stereocenters. The molecule has 0 radical (unpaired) electrons. The van der Waals surface area contributed by atoms with E-state index in [1.54, 1.807) is 36.1 Å². The standard InChI is InChI=1S/C31H31FN4O4/c1-21-6-3-4-8-27(21)30(38)35(18-26-7-5-17-40-26)20-29(37)34-31-33-28(22-9-15-25(39-2)16-10-22)19-36(31)24-13-11-23(32)12-14-24/h3-4,6,8-16,19,26H,5,7,17-18,20H2,1-2H3,(H,33,34,37)/t26-/m0/s1. The van der Waals surface area contributed by atoms with Crippen molar-refractivity contribution in [3.8, 4) is 22.7 Å². The molecule has 8 nitrogen and oxygen atoms in total. The average Bonchev–Trinajstić information content (AvgIpc) is 3.63. The van der Waals surface area contributed by atoms with Crippen LogP contribution in [0.25, 0.3) is 16.9 Å². The van der Waals surface area contributed by atoms with Crippen LogP contribution in [0, 0.1) is 12.7 Å². The van der Waals surface area contributed by atoms with Gasteiger partial charge < -0.3 is 14.4 Å². The number of methoxy groups -OCH3 is 1. The fourth-order valence-corrected chi connectivity index (χ4v) is 4.74. The van der Waals surface area contributed by atoms with Crippen LogP contribution in [0.15, 0.2) is 79.0 Å². The smallest absolute Gasteiger partial charge is 0.254 e. The number of nitrogens with one attached hydrogen (secondary N) is 1. The Balaban J connectivity index is 1.42. The van der Waals surface area contributed by atoms with Crippen LogP contribution in [0.2, 0.25) is 0 Å². The van der Waals surface area contributed by atoms with Crippen LogP contribution in [0.4, 0.5) is 10.3 Å². The van der Waals surface area contributed by atoms with Crippen molar-refractivity contribution in [2.45, 2.75) is 25.9 Å². The molecule has 1 saturated heterocycles. The van der Waals surface area contributed by atoms with Gasteiger partial charge >= 0.3 is 0 Å². The van der Waals surface area contributed by atoms with Gasteiger partial charge in [0, 0.05) is 36.2 Å². The highest BCUT2D eigenvalue weighted by atomic mass is 19.1. The second-order valence-corrected chi connectivity index (χ2v) is 9.71. The monoisotopic (exact) mass is 542 g/mol. The van der Waals surface area contributed by atoms with Crippen molar-refractivity contribution in [2.24, 2.45) is 0 Å². The van der Waals surface area contributed by atoms with Crippen LogP contribution in [0.5, 0.6) is 5.75 Å². The van der Waals surface area contributed by atoms with E-state index < -0.39 is 5.91 Å². The summed E-state index contributed by atoms with van der Waals surface area (Å²) in [7, 11) is 1.60. The van der Waals surface area contributed by atoms with Crippen molar-refractivity contribution in [2.75, 3.05) is 32.1 Å². The normalized spacial score (nSPS) is 14.6. The highest BCUT2D eigenvalue weighted by Gasteiger charge is 2.26. The maximum absolute atomic E-state index is 13.7. The van der Waals surface area contributed by atoms with Gasteiger partial charge in [0.05, 0.1) is 18.9 Å². The molecule has 0 aliphatic carbocycles. The van der Waals surface area contributed by atoms with Gasteiger partial charge in [-0.15, -0.1) is 0 Å². The SMILES string of the molecule is COc1ccc(-c2cn(-c3ccc(F)cc3)c(NC(=O)CN(C[C@@H]3CCCO3)C(=O)c3ccccc3C)n2)cc1. The first-order valence-corrected chi connectivity index (χ1v) is 13.2. The molecule has 0 spiro atoms. The topological polar surface area (TPSA) is 85.7 Å². The number of nitrogens with zero attached hydrogens (tertiary/aromatic N) is 3. The lowest BCUT2D eigenvalue weighted by Gasteiger charge is -2.25. The molecule has 9 heteroatoms. The molecule has 0 bridgehead atoms. The van der Waals surface area contributed by atoms with Crippen LogP contribution in [0.3, 0.4) is 0 Å². The second kappa shape index (κ2) is 12.1. The third kappa shape index (κ3) is 6.21. The van der Waals surface area contributed by atoms with Gasteiger partial charge in [0.1, 0.15) is 18.1 Å². The third-order valence-corrected chi connectivity index (χ3v) is 6.89. The number of carbonyl (C=O) groups excluding carboxylic acids is 2. The van der Waals surface area contributed by atoms with Crippen molar-refractivity contribution in [1.82, 2.24) is 14.5 Å². The molecule has 5 rings (SSSR count). The highest BCUT2D eigenvalue weighted by Crippen LogP contribution is 2.26. The summed E-state index contributed by atoms with van der Waals surface area (Å²) in [6.45, 7) is 2.65. The van der Waals surface area contributed by atoms with E-state index in [1.165, 1.54) is 17.0 Å². The fourth-order valence-electron chi connectivity index (χ4n) is 4.74. The van der Waals surface area contributed by atoms with Gasteiger partial charge in [0.2, 0.25) is 11.9 Å². The lowest BCUT2D eigenvalue weighted by atomic mass is 10.1. The Hall–Kier alpha value is -4.50. The maximum atomic E-state index is 13.7. The molecule has 0 unspecified atom stereocenters. The van der Waals surface area contributed by atoms with Gasteiger partial charge in [-0.2, -0.15) is 0 Å². The second-order valence-electron chi connectivity index (χ2n) is 9.71. The van der Waals surface area contributed by atoms with Gasteiger partial charge in [-0.25, -0.2) is 9.37 Å². The van der Waals surface area contributed by atoms with Crippen LogP contribution < -0.4 is 10.1 Å². The minimum absolute atomic E-state index is 0.122. The summed E-state index contributed by atoms with van der Waals surface area (Å²) in [4.78, 5) is 33.1. The lowest BCUT2D eigenvalue weighted by Crippen LogP contribution is -2.42. The zero-order valence-electron chi connectivity index (χ0n) is 22.5. The first-order chi connectivity index (χ1) is 19.4. The van der Waals surface area contributed by atoms with E-state index in [4.69, 9.17) is 9.47 Å². The van der Waals surface area contributed by atoms with Gasteiger partial charge in [-0.3, -0.25) is 19.5 Å². The van der Waals surface area contributed by atoms with E-state index in [0.717, 1.165) is 24.0 Å². The zero-order valence-corrected chi connectivity index (χ0v) is 22.5. The summed E-state index contributed by atoms with van der Waals surface area (Å²) in [5.41, 5.74) is 3.42. The Morgan fingerprint density at radius 1 is 1.10 bits per heavy atom.